The summed E-state index contributed by atoms with van der Waals surface area (Å²) in [6.45, 7) is 4.31. The van der Waals surface area contributed by atoms with Crippen LogP contribution in [0.5, 0.6) is 0 Å². The summed E-state index contributed by atoms with van der Waals surface area (Å²) < 4.78 is 0. The molecule has 1 aliphatic rings. The molecular formula is C19H17NO. The van der Waals surface area contributed by atoms with Gasteiger partial charge in [0.15, 0.2) is 0 Å². The van der Waals surface area contributed by atoms with E-state index in [1.807, 2.05) is 47.4 Å². The van der Waals surface area contributed by atoms with Crippen molar-refractivity contribution in [2.24, 2.45) is 0 Å². The molecule has 0 bridgehead atoms. The van der Waals surface area contributed by atoms with Gasteiger partial charge < -0.3 is 4.90 Å². The molecule has 0 aliphatic carbocycles. The predicted molar refractivity (Wildman–Crippen MR) is 85.9 cm³/mol. The molecule has 21 heavy (non-hydrogen) atoms. The summed E-state index contributed by atoms with van der Waals surface area (Å²) in [6.07, 6.45) is 5.92. The van der Waals surface area contributed by atoms with E-state index in [9.17, 15) is 4.79 Å². The van der Waals surface area contributed by atoms with Gasteiger partial charge in [0.1, 0.15) is 0 Å². The Hall–Kier alpha value is -2.61. The zero-order valence-corrected chi connectivity index (χ0v) is 11.8. The summed E-state index contributed by atoms with van der Waals surface area (Å²) in [4.78, 5) is 14.3. The fourth-order valence-corrected chi connectivity index (χ4v) is 2.71. The topological polar surface area (TPSA) is 20.3 Å². The number of benzene rings is 2. The third-order valence-corrected chi connectivity index (χ3v) is 3.70. The van der Waals surface area contributed by atoms with Gasteiger partial charge in [-0.25, -0.2) is 0 Å². The summed E-state index contributed by atoms with van der Waals surface area (Å²) >= 11 is 0. The van der Waals surface area contributed by atoms with Crippen LogP contribution in [0.2, 0.25) is 0 Å². The minimum absolute atomic E-state index is 0.0214. The van der Waals surface area contributed by atoms with Crippen LogP contribution in [0.25, 0.3) is 6.08 Å². The fourth-order valence-electron chi connectivity index (χ4n) is 2.71. The molecule has 0 spiro atoms. The van der Waals surface area contributed by atoms with Crippen molar-refractivity contribution in [3.8, 4) is 0 Å². The third-order valence-electron chi connectivity index (χ3n) is 3.70. The fraction of sp³-hybridized carbons (Fsp3) is 0.105. The molecule has 1 aliphatic heterocycles. The second kappa shape index (κ2) is 5.80. The highest BCUT2D eigenvalue weighted by Gasteiger charge is 2.33. The highest BCUT2D eigenvalue weighted by molar-refractivity contribution is 5.99. The second-order valence-corrected chi connectivity index (χ2v) is 5.05. The van der Waals surface area contributed by atoms with Gasteiger partial charge in [-0.1, -0.05) is 66.8 Å². The molecular weight excluding hydrogens is 258 g/mol. The minimum Gasteiger partial charge on any atom is -0.324 e. The van der Waals surface area contributed by atoms with Crippen molar-refractivity contribution in [3.05, 3.63) is 90.0 Å². The van der Waals surface area contributed by atoms with Crippen LogP contribution >= 0.6 is 0 Å². The monoisotopic (exact) mass is 275 g/mol. The lowest BCUT2D eigenvalue weighted by Crippen LogP contribution is -2.27. The Morgan fingerprint density at radius 3 is 2.52 bits per heavy atom. The van der Waals surface area contributed by atoms with Crippen molar-refractivity contribution in [1.82, 2.24) is 4.90 Å². The first-order valence-corrected chi connectivity index (χ1v) is 7.05. The Labute approximate surface area is 125 Å². The molecule has 0 saturated heterocycles. The average Bonchev–Trinajstić information content (AvgIpc) is 2.80. The molecule has 2 nitrogen and oxygen atoms in total. The van der Waals surface area contributed by atoms with Crippen LogP contribution in [0.1, 0.15) is 27.5 Å². The third kappa shape index (κ3) is 2.52. The Morgan fingerprint density at radius 1 is 1.05 bits per heavy atom. The summed E-state index contributed by atoms with van der Waals surface area (Å²) in [7, 11) is 0. The molecule has 2 heteroatoms. The molecule has 1 atom stereocenters. The van der Waals surface area contributed by atoms with Gasteiger partial charge in [-0.3, -0.25) is 4.79 Å². The predicted octanol–water partition coefficient (Wildman–Crippen LogP) is 4.08. The minimum atomic E-state index is -0.0214. The van der Waals surface area contributed by atoms with E-state index in [4.69, 9.17) is 0 Å². The van der Waals surface area contributed by atoms with Crippen LogP contribution in [0, 0.1) is 0 Å². The molecule has 0 radical (unpaired) electrons. The molecule has 0 saturated carbocycles. The maximum atomic E-state index is 12.5. The van der Waals surface area contributed by atoms with E-state index < -0.39 is 0 Å². The van der Waals surface area contributed by atoms with Crippen LogP contribution in [-0.2, 0) is 0 Å². The molecule has 1 unspecified atom stereocenters. The van der Waals surface area contributed by atoms with E-state index in [1.54, 1.807) is 6.08 Å². The van der Waals surface area contributed by atoms with Crippen molar-refractivity contribution in [2.75, 3.05) is 6.54 Å². The van der Waals surface area contributed by atoms with Crippen molar-refractivity contribution < 1.29 is 4.79 Å². The molecule has 2 aromatic carbocycles. The number of carbonyl (C=O) groups excluding carboxylic acids is 1. The maximum absolute atomic E-state index is 12.5. The lowest BCUT2D eigenvalue weighted by Gasteiger charge is -2.21. The van der Waals surface area contributed by atoms with Crippen molar-refractivity contribution in [1.29, 1.82) is 0 Å². The summed E-state index contributed by atoms with van der Waals surface area (Å²) in [5.41, 5.74) is 2.99. The molecule has 2 aromatic rings. The van der Waals surface area contributed by atoms with E-state index >= 15 is 0 Å². The molecule has 0 aromatic heterocycles. The Morgan fingerprint density at radius 2 is 1.76 bits per heavy atom. The molecule has 1 amide bonds. The molecule has 0 N–H and O–H groups in total. The van der Waals surface area contributed by atoms with E-state index in [1.165, 1.54) is 0 Å². The average molecular weight is 275 g/mol. The van der Waals surface area contributed by atoms with Crippen LogP contribution in [0.3, 0.4) is 0 Å². The number of carbonyl (C=O) groups is 1. The number of amides is 1. The van der Waals surface area contributed by atoms with E-state index in [2.05, 4.69) is 30.9 Å². The lowest BCUT2D eigenvalue weighted by molar-refractivity contribution is 0.0774. The van der Waals surface area contributed by atoms with E-state index in [0.717, 1.165) is 16.7 Å². The van der Waals surface area contributed by atoms with E-state index in [-0.39, 0.29) is 11.9 Å². The highest BCUT2D eigenvalue weighted by Crippen LogP contribution is 2.34. The molecule has 1 heterocycles. The number of nitrogens with zero attached hydrogens (tertiary/aromatic N) is 1. The standard InChI is InChI=1S/C19H17NO/c1-2-14-20-18(13-12-15-8-4-3-5-9-15)16-10-6-7-11-17(16)19(20)21/h2-13,18H,1,14H2/b13-12-. The second-order valence-electron chi connectivity index (χ2n) is 5.05. The summed E-state index contributed by atoms with van der Waals surface area (Å²) in [5, 5.41) is 0. The smallest absolute Gasteiger partial charge is 0.255 e. The Balaban J connectivity index is 1.96. The van der Waals surface area contributed by atoms with Gasteiger partial charge in [0.2, 0.25) is 0 Å². The first-order valence-electron chi connectivity index (χ1n) is 7.05. The number of hydrogen-bond donors (Lipinski definition) is 0. The van der Waals surface area contributed by atoms with Gasteiger partial charge in [0.05, 0.1) is 6.04 Å². The largest absolute Gasteiger partial charge is 0.324 e. The Kier molecular flexibility index (Phi) is 3.69. The van der Waals surface area contributed by atoms with Gasteiger partial charge in [-0.2, -0.15) is 0 Å². The molecule has 0 fully saturated rings. The van der Waals surface area contributed by atoms with Crippen molar-refractivity contribution in [3.63, 3.8) is 0 Å². The van der Waals surface area contributed by atoms with Crippen molar-refractivity contribution in [2.45, 2.75) is 6.04 Å². The molecule has 3 rings (SSSR count). The van der Waals surface area contributed by atoms with Gasteiger partial charge in [0, 0.05) is 12.1 Å². The highest BCUT2D eigenvalue weighted by atomic mass is 16.2. The zero-order chi connectivity index (χ0) is 14.7. The maximum Gasteiger partial charge on any atom is 0.255 e. The SMILES string of the molecule is C=CCN1C(=O)c2ccccc2C1/C=C\c1ccccc1. The lowest BCUT2D eigenvalue weighted by atomic mass is 10.0. The van der Waals surface area contributed by atoms with Gasteiger partial charge >= 0.3 is 0 Å². The van der Waals surface area contributed by atoms with Gasteiger partial charge in [-0.05, 0) is 17.2 Å². The zero-order valence-electron chi connectivity index (χ0n) is 11.8. The molecule has 104 valence electrons. The van der Waals surface area contributed by atoms with Crippen LogP contribution in [0.15, 0.2) is 73.3 Å². The van der Waals surface area contributed by atoms with Crippen LogP contribution in [-0.4, -0.2) is 17.4 Å². The normalized spacial score (nSPS) is 17.2. The van der Waals surface area contributed by atoms with Gasteiger partial charge in [-0.15, -0.1) is 6.58 Å². The van der Waals surface area contributed by atoms with Gasteiger partial charge in [0.25, 0.3) is 5.91 Å². The first kappa shape index (κ1) is 13.4. The van der Waals surface area contributed by atoms with Crippen molar-refractivity contribution >= 4 is 12.0 Å². The quantitative estimate of drug-likeness (QED) is 0.770. The Bertz CT molecular complexity index is 688. The summed E-state index contributed by atoms with van der Waals surface area (Å²) in [5.74, 6) is 0.0770. The summed E-state index contributed by atoms with van der Waals surface area (Å²) in [6, 6.07) is 17.9. The van der Waals surface area contributed by atoms with E-state index in [0.29, 0.717) is 6.54 Å². The number of fused-ring (bicyclic) bond motifs is 1. The number of rotatable bonds is 4. The van der Waals surface area contributed by atoms with Crippen LogP contribution < -0.4 is 0 Å². The van der Waals surface area contributed by atoms with Crippen LogP contribution in [0.4, 0.5) is 0 Å². The first-order chi connectivity index (χ1) is 10.3. The number of hydrogen-bond acceptors (Lipinski definition) is 1.